The number of benzene rings is 1. The molecule has 1 aromatic heterocycles. The van der Waals surface area contributed by atoms with Crippen molar-refractivity contribution in [1.82, 2.24) is 15.3 Å². The minimum absolute atomic E-state index is 0.0341. The fourth-order valence-corrected chi connectivity index (χ4v) is 2.75. The van der Waals surface area contributed by atoms with Crippen molar-refractivity contribution in [2.24, 2.45) is 0 Å². The van der Waals surface area contributed by atoms with E-state index in [9.17, 15) is 4.79 Å². The predicted molar refractivity (Wildman–Crippen MR) is 95.0 cm³/mol. The van der Waals surface area contributed by atoms with Crippen LogP contribution in [0.3, 0.4) is 0 Å². The Bertz CT molecular complexity index is 690. The molecule has 3 rings (SSSR count). The summed E-state index contributed by atoms with van der Waals surface area (Å²) >= 11 is 0. The third-order valence-corrected chi connectivity index (χ3v) is 4.18. The highest BCUT2D eigenvalue weighted by atomic mass is 16.1. The number of anilines is 1. The molecule has 2 aromatic rings. The first kappa shape index (κ1) is 16.4. The van der Waals surface area contributed by atoms with Crippen LogP contribution in [-0.4, -0.2) is 30.0 Å². The van der Waals surface area contributed by atoms with Gasteiger partial charge in [0.25, 0.3) is 0 Å². The molecule has 0 radical (unpaired) electrons. The van der Waals surface area contributed by atoms with Crippen molar-refractivity contribution in [1.29, 1.82) is 0 Å². The Morgan fingerprint density at radius 1 is 1.25 bits per heavy atom. The summed E-state index contributed by atoms with van der Waals surface area (Å²) in [6.07, 6.45) is 3.00. The average molecular weight is 324 g/mol. The van der Waals surface area contributed by atoms with Crippen molar-refractivity contribution < 1.29 is 4.79 Å². The third kappa shape index (κ3) is 4.10. The minimum Gasteiger partial charge on any atom is -0.363 e. The molecular formula is C19H24N4O. The lowest BCUT2D eigenvalue weighted by Crippen LogP contribution is -2.28. The number of aromatic nitrogens is 2. The van der Waals surface area contributed by atoms with Crippen LogP contribution in [0.5, 0.6) is 0 Å². The number of carbonyl (C=O) groups excluding carboxylic acids is 1. The fourth-order valence-electron chi connectivity index (χ4n) is 2.75. The number of hydrogen-bond donors (Lipinski definition) is 1. The van der Waals surface area contributed by atoms with Gasteiger partial charge >= 0.3 is 0 Å². The van der Waals surface area contributed by atoms with Gasteiger partial charge in [0.05, 0.1) is 6.04 Å². The summed E-state index contributed by atoms with van der Waals surface area (Å²) in [7, 11) is 3.98. The lowest BCUT2D eigenvalue weighted by atomic mass is 10.0. The summed E-state index contributed by atoms with van der Waals surface area (Å²) in [4.78, 5) is 23.1. The van der Waals surface area contributed by atoms with Gasteiger partial charge in [0.1, 0.15) is 11.6 Å². The lowest BCUT2D eigenvalue weighted by molar-refractivity contribution is -0.119. The second-order valence-corrected chi connectivity index (χ2v) is 6.61. The molecule has 1 atom stereocenters. The Hall–Kier alpha value is -2.43. The van der Waals surface area contributed by atoms with Crippen LogP contribution < -0.4 is 10.2 Å². The molecule has 1 N–H and O–H groups in total. The zero-order valence-electron chi connectivity index (χ0n) is 14.5. The molecule has 0 spiro atoms. The molecular weight excluding hydrogens is 300 g/mol. The van der Waals surface area contributed by atoms with Gasteiger partial charge in [0.2, 0.25) is 5.91 Å². The largest absolute Gasteiger partial charge is 0.363 e. The van der Waals surface area contributed by atoms with Crippen molar-refractivity contribution >= 4 is 11.7 Å². The van der Waals surface area contributed by atoms with E-state index in [1.807, 2.05) is 55.4 Å². The number of amides is 1. The molecule has 126 valence electrons. The zero-order chi connectivity index (χ0) is 17.1. The Balaban J connectivity index is 1.89. The highest BCUT2D eigenvalue weighted by Crippen LogP contribution is 2.38. The van der Waals surface area contributed by atoms with Gasteiger partial charge in [-0.15, -0.1) is 0 Å². The molecule has 0 bridgehead atoms. The number of nitrogens with one attached hydrogen (secondary N) is 1. The van der Waals surface area contributed by atoms with E-state index < -0.39 is 0 Å². The van der Waals surface area contributed by atoms with Gasteiger partial charge < -0.3 is 10.2 Å². The molecule has 1 amide bonds. The van der Waals surface area contributed by atoms with E-state index >= 15 is 0 Å². The smallest absolute Gasteiger partial charge is 0.217 e. The van der Waals surface area contributed by atoms with Gasteiger partial charge in [-0.2, -0.15) is 0 Å². The van der Waals surface area contributed by atoms with E-state index in [0.29, 0.717) is 12.3 Å². The predicted octanol–water partition coefficient (Wildman–Crippen LogP) is 2.84. The fraction of sp³-hybridized carbons (Fsp3) is 0.421. The summed E-state index contributed by atoms with van der Waals surface area (Å²) in [5, 5.41) is 3.04. The number of rotatable bonds is 6. The maximum Gasteiger partial charge on any atom is 0.217 e. The first-order valence-corrected chi connectivity index (χ1v) is 8.40. The quantitative estimate of drug-likeness (QED) is 0.888. The van der Waals surface area contributed by atoms with Crippen molar-refractivity contribution in [2.45, 2.75) is 38.1 Å². The van der Waals surface area contributed by atoms with Crippen LogP contribution in [-0.2, 0) is 11.2 Å². The summed E-state index contributed by atoms with van der Waals surface area (Å²) in [5.41, 5.74) is 2.06. The number of nitrogens with zero attached hydrogens (tertiary/aromatic N) is 3. The molecule has 1 aromatic carbocycles. The van der Waals surface area contributed by atoms with Crippen LogP contribution in [0.1, 0.15) is 48.8 Å². The van der Waals surface area contributed by atoms with Gasteiger partial charge in [-0.3, -0.25) is 4.79 Å². The van der Waals surface area contributed by atoms with Crippen LogP contribution in [0.4, 0.5) is 5.82 Å². The molecule has 24 heavy (non-hydrogen) atoms. The molecule has 1 fully saturated rings. The molecule has 1 unspecified atom stereocenters. The zero-order valence-corrected chi connectivity index (χ0v) is 14.5. The molecule has 0 aliphatic heterocycles. The van der Waals surface area contributed by atoms with Gasteiger partial charge in [-0.25, -0.2) is 9.97 Å². The van der Waals surface area contributed by atoms with Crippen LogP contribution in [0.25, 0.3) is 0 Å². The summed E-state index contributed by atoms with van der Waals surface area (Å²) in [6.45, 7) is 1.55. The van der Waals surface area contributed by atoms with Gasteiger partial charge in [0.15, 0.2) is 0 Å². The first-order chi connectivity index (χ1) is 11.5. The molecule has 5 nitrogen and oxygen atoms in total. The maximum absolute atomic E-state index is 11.6. The molecule has 1 heterocycles. The van der Waals surface area contributed by atoms with Crippen molar-refractivity contribution in [3.05, 3.63) is 53.5 Å². The van der Waals surface area contributed by atoms with E-state index in [4.69, 9.17) is 4.98 Å². The molecule has 1 aliphatic carbocycles. The summed E-state index contributed by atoms with van der Waals surface area (Å²) < 4.78 is 0. The Kier molecular flexibility index (Phi) is 4.79. The minimum atomic E-state index is -0.0827. The Labute approximate surface area is 143 Å². The molecule has 1 saturated carbocycles. The highest BCUT2D eigenvalue weighted by molar-refractivity contribution is 5.73. The average Bonchev–Trinajstić information content (AvgIpc) is 3.39. The standard InChI is InChI=1S/C19H24N4O/c1-13(24)20-17(14-7-5-4-6-8-14)11-16-12-18(23(2)3)22-19(21-16)15-9-10-15/h4-8,12,15,17H,9-11H2,1-3H3,(H,20,24). The van der Waals surface area contributed by atoms with Crippen molar-refractivity contribution in [3.8, 4) is 0 Å². The second kappa shape index (κ2) is 6.99. The van der Waals surface area contributed by atoms with E-state index in [0.717, 1.165) is 22.9 Å². The van der Waals surface area contributed by atoms with Crippen LogP contribution in [0.15, 0.2) is 36.4 Å². The SMILES string of the molecule is CC(=O)NC(Cc1cc(N(C)C)nc(C2CC2)n1)c1ccccc1. The van der Waals surface area contributed by atoms with Crippen LogP contribution >= 0.6 is 0 Å². The van der Waals surface area contributed by atoms with E-state index in [1.165, 1.54) is 12.8 Å². The Morgan fingerprint density at radius 2 is 1.96 bits per heavy atom. The van der Waals surface area contributed by atoms with E-state index in [2.05, 4.69) is 10.3 Å². The van der Waals surface area contributed by atoms with Crippen molar-refractivity contribution in [3.63, 3.8) is 0 Å². The van der Waals surface area contributed by atoms with E-state index in [-0.39, 0.29) is 11.9 Å². The maximum atomic E-state index is 11.6. The van der Waals surface area contributed by atoms with Gasteiger partial charge in [-0.1, -0.05) is 30.3 Å². The third-order valence-electron chi connectivity index (χ3n) is 4.18. The topological polar surface area (TPSA) is 58.1 Å². The Morgan fingerprint density at radius 3 is 2.54 bits per heavy atom. The molecule has 1 aliphatic rings. The summed E-state index contributed by atoms with van der Waals surface area (Å²) in [5.74, 6) is 2.33. The lowest BCUT2D eigenvalue weighted by Gasteiger charge is -2.20. The normalized spacial score (nSPS) is 15.0. The number of hydrogen-bond acceptors (Lipinski definition) is 4. The first-order valence-electron chi connectivity index (χ1n) is 8.40. The van der Waals surface area contributed by atoms with Crippen molar-refractivity contribution in [2.75, 3.05) is 19.0 Å². The second-order valence-electron chi connectivity index (χ2n) is 6.61. The van der Waals surface area contributed by atoms with E-state index in [1.54, 1.807) is 6.92 Å². The summed E-state index contributed by atoms with van der Waals surface area (Å²) in [6, 6.07) is 12.0. The van der Waals surface area contributed by atoms with Crippen LogP contribution in [0.2, 0.25) is 0 Å². The number of carbonyl (C=O) groups is 1. The highest BCUT2D eigenvalue weighted by Gasteiger charge is 2.28. The monoisotopic (exact) mass is 324 g/mol. The van der Waals surface area contributed by atoms with Gasteiger partial charge in [-0.05, 0) is 18.4 Å². The molecule has 5 heteroatoms. The molecule has 0 saturated heterocycles. The van der Waals surface area contributed by atoms with Gasteiger partial charge in [0, 0.05) is 45.1 Å². The van der Waals surface area contributed by atoms with Crippen LogP contribution in [0, 0.1) is 0 Å².